The summed E-state index contributed by atoms with van der Waals surface area (Å²) in [6.45, 7) is 2.17. The van der Waals surface area contributed by atoms with Crippen LogP contribution in [-0.2, 0) is 6.42 Å². The van der Waals surface area contributed by atoms with Crippen LogP contribution in [0, 0.1) is 12.7 Å². The Bertz CT molecular complexity index is 994. The Morgan fingerprint density at radius 1 is 1.24 bits per heavy atom. The van der Waals surface area contributed by atoms with Gasteiger partial charge in [-0.2, -0.15) is 0 Å². The largest absolute Gasteiger partial charge is 0.352 e. The van der Waals surface area contributed by atoms with Crippen LogP contribution in [0.5, 0.6) is 0 Å². The fraction of sp³-hybridized carbons (Fsp3) is 0.158. The van der Waals surface area contributed by atoms with Crippen molar-refractivity contribution in [1.82, 2.24) is 10.3 Å². The van der Waals surface area contributed by atoms with Gasteiger partial charge in [-0.25, -0.2) is 4.39 Å². The topological polar surface area (TPSA) is 62.0 Å². The number of H-pyrrole nitrogens is 1. The van der Waals surface area contributed by atoms with Gasteiger partial charge in [0.15, 0.2) is 0 Å². The summed E-state index contributed by atoms with van der Waals surface area (Å²) in [7, 11) is 0. The number of rotatable bonds is 4. The molecule has 0 aliphatic carbocycles. The van der Waals surface area contributed by atoms with E-state index in [2.05, 4.69) is 10.3 Å². The predicted octanol–water partition coefficient (Wildman–Crippen LogP) is 3.60. The van der Waals surface area contributed by atoms with Crippen LogP contribution < -0.4 is 10.9 Å². The van der Waals surface area contributed by atoms with Gasteiger partial charge < -0.3 is 10.3 Å². The first-order chi connectivity index (χ1) is 12.0. The van der Waals surface area contributed by atoms with E-state index in [0.717, 1.165) is 16.5 Å². The zero-order valence-corrected chi connectivity index (χ0v) is 14.3. The summed E-state index contributed by atoms with van der Waals surface area (Å²) in [4.78, 5) is 27.0. The molecule has 0 fully saturated rings. The molecule has 3 rings (SSSR count). The number of aromatic nitrogens is 1. The van der Waals surface area contributed by atoms with E-state index in [1.165, 1.54) is 18.2 Å². The molecule has 0 radical (unpaired) electrons. The molecule has 0 atom stereocenters. The van der Waals surface area contributed by atoms with E-state index in [4.69, 9.17) is 11.6 Å². The molecule has 25 heavy (non-hydrogen) atoms. The molecule has 6 heteroatoms. The zero-order chi connectivity index (χ0) is 18.0. The van der Waals surface area contributed by atoms with Crippen LogP contribution in [0.4, 0.5) is 4.39 Å². The molecule has 1 amide bonds. The van der Waals surface area contributed by atoms with E-state index >= 15 is 0 Å². The highest BCUT2D eigenvalue weighted by molar-refractivity contribution is 6.33. The van der Waals surface area contributed by atoms with E-state index < -0.39 is 11.7 Å². The van der Waals surface area contributed by atoms with Gasteiger partial charge in [0.25, 0.3) is 11.5 Å². The van der Waals surface area contributed by atoms with Crippen molar-refractivity contribution in [1.29, 1.82) is 0 Å². The van der Waals surface area contributed by atoms with Crippen LogP contribution in [0.15, 0.2) is 47.3 Å². The SMILES string of the molecule is Cc1ccc2[nH]c(=O)c(CCNC(=O)c3c(F)cccc3Cl)cc2c1. The molecule has 0 bridgehead atoms. The third kappa shape index (κ3) is 3.72. The number of carbonyl (C=O) groups excluding carboxylic acids is 1. The van der Waals surface area contributed by atoms with Crippen LogP contribution in [0.2, 0.25) is 5.02 Å². The van der Waals surface area contributed by atoms with Gasteiger partial charge in [0.1, 0.15) is 5.82 Å². The molecule has 2 aromatic carbocycles. The summed E-state index contributed by atoms with van der Waals surface area (Å²) in [5.74, 6) is -1.28. The Kier molecular flexibility index (Phi) is 4.86. The van der Waals surface area contributed by atoms with Gasteiger partial charge in [-0.1, -0.05) is 29.3 Å². The van der Waals surface area contributed by atoms with Gasteiger partial charge in [-0.15, -0.1) is 0 Å². The van der Waals surface area contributed by atoms with E-state index in [9.17, 15) is 14.0 Å². The Morgan fingerprint density at radius 3 is 2.80 bits per heavy atom. The molecule has 0 saturated heterocycles. The number of fused-ring (bicyclic) bond motifs is 1. The fourth-order valence-corrected chi connectivity index (χ4v) is 2.92. The maximum absolute atomic E-state index is 13.7. The van der Waals surface area contributed by atoms with Gasteiger partial charge in [0.05, 0.1) is 10.6 Å². The summed E-state index contributed by atoms with van der Waals surface area (Å²) in [6.07, 6.45) is 0.330. The van der Waals surface area contributed by atoms with Gasteiger partial charge >= 0.3 is 0 Å². The smallest absolute Gasteiger partial charge is 0.255 e. The minimum Gasteiger partial charge on any atom is -0.352 e. The standard InChI is InChI=1S/C19H16ClFN2O2/c1-11-5-6-16-13(9-11)10-12(18(24)23-16)7-8-22-19(25)17-14(20)3-2-4-15(17)21/h2-6,9-10H,7-8H2,1H3,(H,22,25)(H,23,24). The average molecular weight is 359 g/mol. The molecule has 4 nitrogen and oxygen atoms in total. The number of halogens is 2. The van der Waals surface area contributed by atoms with Gasteiger partial charge in [0.2, 0.25) is 0 Å². The number of benzene rings is 2. The average Bonchev–Trinajstić information content (AvgIpc) is 2.55. The lowest BCUT2D eigenvalue weighted by Crippen LogP contribution is -2.28. The van der Waals surface area contributed by atoms with Crippen molar-refractivity contribution in [3.8, 4) is 0 Å². The molecule has 0 aliphatic rings. The number of aryl methyl sites for hydroxylation is 1. The number of hydrogen-bond acceptors (Lipinski definition) is 2. The summed E-state index contributed by atoms with van der Waals surface area (Å²) in [5, 5.41) is 3.58. The Morgan fingerprint density at radius 2 is 2.04 bits per heavy atom. The first-order valence-electron chi connectivity index (χ1n) is 7.80. The predicted molar refractivity (Wildman–Crippen MR) is 96.8 cm³/mol. The minimum absolute atomic E-state index is 0.0523. The second-order valence-electron chi connectivity index (χ2n) is 5.82. The molecule has 3 aromatic rings. The number of aromatic amines is 1. The third-order valence-corrected chi connectivity index (χ3v) is 4.26. The molecular weight excluding hydrogens is 343 g/mol. The van der Waals surface area contributed by atoms with Crippen LogP contribution in [-0.4, -0.2) is 17.4 Å². The van der Waals surface area contributed by atoms with Gasteiger partial charge in [-0.3, -0.25) is 9.59 Å². The Balaban J connectivity index is 1.74. The number of carbonyl (C=O) groups is 1. The molecule has 0 saturated carbocycles. The second-order valence-corrected chi connectivity index (χ2v) is 6.22. The molecule has 0 aliphatic heterocycles. The van der Waals surface area contributed by atoms with Crippen LogP contribution in [0.25, 0.3) is 10.9 Å². The lowest BCUT2D eigenvalue weighted by atomic mass is 10.1. The van der Waals surface area contributed by atoms with Crippen molar-refractivity contribution in [2.75, 3.05) is 6.54 Å². The Hall–Kier alpha value is -2.66. The van der Waals surface area contributed by atoms with E-state index in [0.29, 0.717) is 12.0 Å². The highest BCUT2D eigenvalue weighted by atomic mass is 35.5. The molecule has 1 aromatic heterocycles. The quantitative estimate of drug-likeness (QED) is 0.748. The van der Waals surface area contributed by atoms with Crippen LogP contribution >= 0.6 is 11.6 Å². The van der Waals surface area contributed by atoms with Gasteiger partial charge in [-0.05, 0) is 49.1 Å². The Labute approximate surface area is 148 Å². The molecule has 2 N–H and O–H groups in total. The molecule has 0 unspecified atom stereocenters. The summed E-state index contributed by atoms with van der Waals surface area (Å²) in [6, 6.07) is 11.6. The monoisotopic (exact) mass is 358 g/mol. The fourth-order valence-electron chi connectivity index (χ4n) is 2.67. The maximum atomic E-state index is 13.7. The maximum Gasteiger partial charge on any atom is 0.255 e. The first-order valence-corrected chi connectivity index (χ1v) is 8.18. The normalized spacial score (nSPS) is 10.8. The van der Waals surface area contributed by atoms with Gasteiger partial charge in [0, 0.05) is 17.6 Å². The van der Waals surface area contributed by atoms with Crippen molar-refractivity contribution < 1.29 is 9.18 Å². The summed E-state index contributed by atoms with van der Waals surface area (Å²) < 4.78 is 13.7. The molecule has 128 valence electrons. The van der Waals surface area contributed by atoms with Crippen molar-refractivity contribution >= 4 is 28.4 Å². The molecular formula is C19H16ClFN2O2. The number of pyridine rings is 1. The third-order valence-electron chi connectivity index (χ3n) is 3.95. The minimum atomic E-state index is -0.677. The number of nitrogens with one attached hydrogen (secondary N) is 2. The molecule has 0 spiro atoms. The summed E-state index contributed by atoms with van der Waals surface area (Å²) >= 11 is 5.87. The van der Waals surface area contributed by atoms with E-state index in [1.54, 1.807) is 0 Å². The van der Waals surface area contributed by atoms with Crippen molar-refractivity contribution in [2.45, 2.75) is 13.3 Å². The van der Waals surface area contributed by atoms with Crippen molar-refractivity contribution in [2.24, 2.45) is 0 Å². The van der Waals surface area contributed by atoms with Crippen LogP contribution in [0.3, 0.4) is 0 Å². The van der Waals surface area contributed by atoms with E-state index in [-0.39, 0.29) is 22.7 Å². The number of hydrogen-bond donors (Lipinski definition) is 2. The molecule has 1 heterocycles. The van der Waals surface area contributed by atoms with Crippen molar-refractivity contribution in [3.63, 3.8) is 0 Å². The highest BCUT2D eigenvalue weighted by Gasteiger charge is 2.15. The zero-order valence-electron chi connectivity index (χ0n) is 13.5. The summed E-state index contributed by atoms with van der Waals surface area (Å²) in [5.41, 5.74) is 2.02. The van der Waals surface area contributed by atoms with E-state index in [1.807, 2.05) is 31.2 Å². The number of amides is 1. The lowest BCUT2D eigenvalue weighted by Gasteiger charge is -2.08. The lowest BCUT2D eigenvalue weighted by molar-refractivity contribution is 0.0950. The highest BCUT2D eigenvalue weighted by Crippen LogP contribution is 2.18. The second kappa shape index (κ2) is 7.07. The van der Waals surface area contributed by atoms with Crippen molar-refractivity contribution in [3.05, 3.63) is 80.3 Å². The van der Waals surface area contributed by atoms with Crippen LogP contribution in [0.1, 0.15) is 21.5 Å². The first kappa shape index (κ1) is 17.2.